The van der Waals surface area contributed by atoms with Gasteiger partial charge in [0.1, 0.15) is 0 Å². The first-order valence-corrected chi connectivity index (χ1v) is 5.01. The van der Waals surface area contributed by atoms with Gasteiger partial charge in [0.2, 0.25) is 0 Å². The van der Waals surface area contributed by atoms with Crippen molar-refractivity contribution >= 4 is 10.1 Å². The Balaban J connectivity index is 5.24. The lowest BCUT2D eigenvalue weighted by Gasteiger charge is -2.24. The molecule has 0 rings (SSSR count). The molecule has 92 valence electrons. The third-order valence-corrected chi connectivity index (χ3v) is 2.58. The average molecular weight is 256 g/mol. The summed E-state index contributed by atoms with van der Waals surface area (Å²) in [6.07, 6.45) is -6.20. The highest BCUT2D eigenvalue weighted by atomic mass is 32.2. The van der Waals surface area contributed by atoms with Crippen molar-refractivity contribution in [3.05, 3.63) is 0 Å². The zero-order valence-electron chi connectivity index (χ0n) is 8.02. The molecule has 0 aliphatic heterocycles. The van der Waals surface area contributed by atoms with E-state index in [0.717, 1.165) is 20.8 Å². The zero-order chi connectivity index (χ0) is 12.7. The molecule has 0 aliphatic rings. The minimum Gasteiger partial charge on any atom is -0.259 e. The maximum Gasteiger partial charge on any atom is 0.472 e. The van der Waals surface area contributed by atoms with Gasteiger partial charge < -0.3 is 0 Å². The first-order valence-electron chi connectivity index (χ1n) is 3.60. The number of hydrogen-bond acceptors (Lipinski definition) is 3. The summed E-state index contributed by atoms with van der Waals surface area (Å²) >= 11 is 0. The van der Waals surface area contributed by atoms with Gasteiger partial charge in [0.15, 0.2) is 0 Å². The van der Waals surface area contributed by atoms with Gasteiger partial charge in [-0.05, 0) is 20.8 Å². The minimum atomic E-state index is -6.20. The molecule has 0 aromatic rings. The van der Waals surface area contributed by atoms with Gasteiger partial charge in [0, 0.05) is 0 Å². The Morgan fingerprint density at radius 3 is 1.47 bits per heavy atom. The van der Waals surface area contributed by atoms with E-state index < -0.39 is 27.2 Å². The first kappa shape index (κ1) is 14.6. The summed E-state index contributed by atoms with van der Waals surface area (Å²) in [4.78, 5) is 0. The molecule has 0 aromatic heterocycles. The van der Waals surface area contributed by atoms with E-state index in [0.29, 0.717) is 0 Å². The Labute approximate surface area is 83.3 Å². The molecule has 0 aliphatic carbocycles. The number of hydrogen-bond donors (Lipinski definition) is 0. The summed E-state index contributed by atoms with van der Waals surface area (Å²) in [5.41, 5.74) is -1.66. The molecule has 0 saturated heterocycles. The van der Waals surface area contributed by atoms with Gasteiger partial charge in [-0.2, -0.15) is 30.4 Å². The second kappa shape index (κ2) is 3.55. The lowest BCUT2D eigenvalue weighted by atomic mass is 10.2. The first-order chi connectivity index (χ1) is 6.21. The van der Waals surface area contributed by atoms with Crippen LogP contribution in [0.5, 0.6) is 0 Å². The molecule has 0 heterocycles. The molecular formula is C6H9F5O3S. The molecule has 0 atom stereocenters. The Hall–Kier alpha value is -0.440. The summed E-state index contributed by atoms with van der Waals surface area (Å²) in [5.74, 6) is 0. The predicted octanol–water partition coefficient (Wildman–Crippen LogP) is 2.29. The SMILES string of the molecule is CC(C)(C)OS(=O)(=O)C(F)(F)C(F)(F)F. The molecular weight excluding hydrogens is 247 g/mol. The van der Waals surface area contributed by atoms with Crippen LogP contribution in [-0.2, 0) is 14.3 Å². The third-order valence-electron chi connectivity index (χ3n) is 1.00. The summed E-state index contributed by atoms with van der Waals surface area (Å²) < 4.78 is 84.9. The van der Waals surface area contributed by atoms with E-state index in [2.05, 4.69) is 4.18 Å². The largest absolute Gasteiger partial charge is 0.472 e. The van der Waals surface area contributed by atoms with Crippen molar-refractivity contribution in [3.8, 4) is 0 Å². The molecule has 0 fully saturated rings. The molecule has 0 spiro atoms. The zero-order valence-corrected chi connectivity index (χ0v) is 8.84. The fourth-order valence-electron chi connectivity index (χ4n) is 0.523. The molecule has 15 heavy (non-hydrogen) atoms. The highest BCUT2D eigenvalue weighted by Crippen LogP contribution is 2.41. The summed E-state index contributed by atoms with van der Waals surface area (Å²) in [6, 6.07) is 0. The van der Waals surface area contributed by atoms with E-state index in [4.69, 9.17) is 0 Å². The van der Waals surface area contributed by atoms with E-state index in [1.54, 1.807) is 0 Å². The molecule has 0 amide bonds. The molecule has 0 radical (unpaired) electrons. The second-order valence-corrected chi connectivity index (χ2v) is 5.25. The molecule has 3 nitrogen and oxygen atoms in total. The molecule has 0 bridgehead atoms. The summed E-state index contributed by atoms with van der Waals surface area (Å²) in [6.45, 7) is 3.12. The van der Waals surface area contributed by atoms with Gasteiger partial charge in [-0.25, -0.2) is 0 Å². The van der Waals surface area contributed by atoms with Gasteiger partial charge in [-0.1, -0.05) is 0 Å². The van der Waals surface area contributed by atoms with Crippen LogP contribution in [0.4, 0.5) is 22.0 Å². The van der Waals surface area contributed by atoms with Crippen LogP contribution in [0, 0.1) is 0 Å². The van der Waals surface area contributed by atoms with Crippen molar-refractivity contribution in [2.75, 3.05) is 0 Å². The minimum absolute atomic E-state index is 1.04. The maximum atomic E-state index is 12.4. The van der Waals surface area contributed by atoms with Crippen LogP contribution in [0.25, 0.3) is 0 Å². The van der Waals surface area contributed by atoms with Crippen molar-refractivity contribution < 1.29 is 34.6 Å². The van der Waals surface area contributed by atoms with Crippen LogP contribution in [0.2, 0.25) is 0 Å². The van der Waals surface area contributed by atoms with E-state index in [1.807, 2.05) is 0 Å². The van der Waals surface area contributed by atoms with Crippen molar-refractivity contribution in [3.63, 3.8) is 0 Å². The third kappa shape index (κ3) is 3.26. The van der Waals surface area contributed by atoms with Crippen molar-refractivity contribution in [1.29, 1.82) is 0 Å². The Morgan fingerprint density at radius 1 is 0.933 bits per heavy atom. The topological polar surface area (TPSA) is 43.4 Å². The van der Waals surface area contributed by atoms with Crippen LogP contribution in [0.1, 0.15) is 20.8 Å². The van der Waals surface area contributed by atoms with Gasteiger partial charge in [0.05, 0.1) is 5.60 Å². The lowest BCUT2D eigenvalue weighted by Crippen LogP contribution is -2.47. The monoisotopic (exact) mass is 256 g/mol. The lowest BCUT2D eigenvalue weighted by molar-refractivity contribution is -0.245. The van der Waals surface area contributed by atoms with Gasteiger partial charge >= 0.3 is 21.5 Å². The highest BCUT2D eigenvalue weighted by molar-refractivity contribution is 7.87. The standard InChI is InChI=1S/C6H9F5O3S/c1-4(2,3)14-15(12,13)6(10,11)5(7,8)9/h1-3H3. The highest BCUT2D eigenvalue weighted by Gasteiger charge is 2.68. The van der Waals surface area contributed by atoms with Gasteiger partial charge in [-0.3, -0.25) is 4.18 Å². The van der Waals surface area contributed by atoms with E-state index in [-0.39, 0.29) is 0 Å². The van der Waals surface area contributed by atoms with Crippen LogP contribution in [-0.4, -0.2) is 25.4 Å². The van der Waals surface area contributed by atoms with Crippen molar-refractivity contribution in [1.82, 2.24) is 0 Å². The van der Waals surface area contributed by atoms with Crippen LogP contribution in [0.3, 0.4) is 0 Å². The summed E-state index contributed by atoms with van der Waals surface area (Å²) in [7, 11) is -6.03. The fourth-order valence-corrected chi connectivity index (χ4v) is 1.57. The molecule has 9 heteroatoms. The molecule has 0 unspecified atom stereocenters. The number of rotatable bonds is 2. The van der Waals surface area contributed by atoms with Crippen LogP contribution in [0.15, 0.2) is 0 Å². The van der Waals surface area contributed by atoms with Gasteiger partial charge in [-0.15, -0.1) is 0 Å². The summed E-state index contributed by atoms with van der Waals surface area (Å²) in [5, 5.41) is -5.91. The Morgan fingerprint density at radius 2 is 1.27 bits per heavy atom. The van der Waals surface area contributed by atoms with Crippen LogP contribution < -0.4 is 0 Å². The van der Waals surface area contributed by atoms with E-state index in [1.165, 1.54) is 0 Å². The number of alkyl halides is 5. The Kier molecular flexibility index (Phi) is 3.44. The predicted molar refractivity (Wildman–Crippen MR) is 40.8 cm³/mol. The van der Waals surface area contributed by atoms with Crippen molar-refractivity contribution in [2.24, 2.45) is 0 Å². The van der Waals surface area contributed by atoms with E-state index in [9.17, 15) is 30.4 Å². The molecule has 0 N–H and O–H groups in total. The Bertz CT molecular complexity index is 324. The fraction of sp³-hybridized carbons (Fsp3) is 1.00. The smallest absolute Gasteiger partial charge is 0.259 e. The normalized spacial score (nSPS) is 15.5. The van der Waals surface area contributed by atoms with Crippen LogP contribution >= 0.6 is 0 Å². The number of halogens is 5. The molecule has 0 saturated carbocycles. The molecule has 0 aromatic carbocycles. The maximum absolute atomic E-state index is 12.4. The van der Waals surface area contributed by atoms with Gasteiger partial charge in [0.25, 0.3) is 0 Å². The quantitative estimate of drug-likeness (QED) is 0.562. The van der Waals surface area contributed by atoms with Crippen molar-refractivity contribution in [2.45, 2.75) is 37.8 Å². The average Bonchev–Trinajstić information content (AvgIpc) is 1.77. The van der Waals surface area contributed by atoms with E-state index >= 15 is 0 Å². The second-order valence-electron chi connectivity index (χ2n) is 3.66.